The number of carboxylic acid groups (broad SMARTS) is 1. The van der Waals surface area contributed by atoms with Crippen molar-refractivity contribution in [2.75, 3.05) is 0 Å². The molecule has 0 aliphatic rings. The quantitative estimate of drug-likeness (QED) is 0.388. The topological polar surface area (TPSA) is 123 Å². The van der Waals surface area contributed by atoms with Crippen molar-refractivity contribution in [3.05, 3.63) is 48.7 Å². The molecule has 118 valence electrons. The number of carboxylic acids is 1. The number of H-pyrrole nitrogens is 1. The Balaban J connectivity index is 2.24. The van der Waals surface area contributed by atoms with Gasteiger partial charge in [-0.25, -0.2) is 0 Å². The van der Waals surface area contributed by atoms with Crippen LogP contribution in [0.1, 0.15) is 5.56 Å². The van der Waals surface area contributed by atoms with Gasteiger partial charge in [-0.2, -0.15) is 0 Å². The summed E-state index contributed by atoms with van der Waals surface area (Å²) in [5.41, 5.74) is 1.63. The lowest BCUT2D eigenvalue weighted by Crippen LogP contribution is -2.43. The lowest BCUT2D eigenvalue weighted by atomic mass is 10.1. The summed E-state index contributed by atoms with van der Waals surface area (Å²) in [5.74, 6) is -2.59. The monoisotopic (exact) mass is 324 g/mol. The van der Waals surface area contributed by atoms with Gasteiger partial charge in [0.2, 0.25) is 0 Å². The minimum atomic E-state index is -4.51. The van der Waals surface area contributed by atoms with Gasteiger partial charge in [-0.05, 0) is 11.6 Å². The Morgan fingerprint density at radius 2 is 2.09 bits per heavy atom. The molecular weight excluding hydrogens is 307 g/mol. The Labute approximate surface area is 126 Å². The fourth-order valence-electron chi connectivity index (χ4n) is 2.25. The normalized spacial score (nSPS) is 14.6. The van der Waals surface area contributed by atoms with Crippen molar-refractivity contribution in [1.29, 1.82) is 0 Å². The van der Waals surface area contributed by atoms with Gasteiger partial charge in [-0.3, -0.25) is 14.7 Å². The highest BCUT2D eigenvalue weighted by Gasteiger charge is 2.31. The van der Waals surface area contributed by atoms with E-state index in [4.69, 9.17) is 0 Å². The average molecular weight is 324 g/mol. The first-order valence-corrected chi connectivity index (χ1v) is 8.22. The number of carbonyl (C=O) groups is 1. The first-order chi connectivity index (χ1) is 10.3. The number of rotatable bonds is 7. The van der Waals surface area contributed by atoms with Crippen LogP contribution in [0.4, 0.5) is 0 Å². The molecule has 1 heterocycles. The van der Waals surface area contributed by atoms with Crippen molar-refractivity contribution in [1.82, 2.24) is 10.3 Å². The number of para-hydroxylation sites is 1. The van der Waals surface area contributed by atoms with Crippen LogP contribution in [0.15, 0.2) is 43.1 Å². The second-order valence-corrected chi connectivity index (χ2v) is 6.63. The molecule has 7 nitrogen and oxygen atoms in total. The summed E-state index contributed by atoms with van der Waals surface area (Å²) in [6.07, 6.45) is 2.80. The highest BCUT2D eigenvalue weighted by atomic mass is 31.2. The van der Waals surface area contributed by atoms with Gasteiger partial charge in [0.05, 0.1) is 0 Å². The zero-order valence-corrected chi connectivity index (χ0v) is 12.5. The molecule has 0 fully saturated rings. The van der Waals surface area contributed by atoms with E-state index < -0.39 is 25.4 Å². The van der Waals surface area contributed by atoms with Crippen LogP contribution in [0.5, 0.6) is 0 Å². The molecule has 2 rings (SSSR count). The van der Waals surface area contributed by atoms with Crippen LogP contribution in [-0.4, -0.2) is 37.7 Å². The number of hydrogen-bond acceptors (Lipinski definition) is 3. The van der Waals surface area contributed by atoms with Gasteiger partial charge < -0.3 is 19.9 Å². The number of aromatic nitrogens is 1. The van der Waals surface area contributed by atoms with E-state index in [0.29, 0.717) is 0 Å². The number of hydrogen-bond donors (Lipinski definition) is 5. The summed E-state index contributed by atoms with van der Waals surface area (Å²) in [7, 11) is -4.51. The molecule has 0 radical (unpaired) electrons. The van der Waals surface area contributed by atoms with Crippen molar-refractivity contribution < 1.29 is 24.3 Å². The summed E-state index contributed by atoms with van der Waals surface area (Å²) >= 11 is 0. The molecule has 8 heteroatoms. The van der Waals surface area contributed by atoms with Gasteiger partial charge in [0.25, 0.3) is 0 Å². The number of benzene rings is 1. The van der Waals surface area contributed by atoms with E-state index in [1.165, 1.54) is 0 Å². The smallest absolute Gasteiger partial charge is 0.346 e. The number of aliphatic carboxylic acids is 1. The van der Waals surface area contributed by atoms with Crippen molar-refractivity contribution in [2.24, 2.45) is 0 Å². The zero-order valence-electron chi connectivity index (χ0n) is 11.6. The minimum Gasteiger partial charge on any atom is -0.480 e. The lowest BCUT2D eigenvalue weighted by molar-refractivity contribution is -0.139. The number of nitrogens with one attached hydrogen (secondary N) is 2. The van der Waals surface area contributed by atoms with Crippen LogP contribution in [0.25, 0.3) is 10.9 Å². The van der Waals surface area contributed by atoms with Crippen LogP contribution < -0.4 is 5.32 Å². The predicted octanol–water partition coefficient (Wildman–Crippen LogP) is 1.44. The SMILES string of the molecule is C=CC(NC(Cc1c[nH]c2ccccc12)C(=O)O)P(=O)(O)O. The molecule has 0 aliphatic carbocycles. The van der Waals surface area contributed by atoms with Crippen LogP contribution in [0.3, 0.4) is 0 Å². The molecule has 2 atom stereocenters. The van der Waals surface area contributed by atoms with Gasteiger partial charge in [-0.1, -0.05) is 24.3 Å². The summed E-state index contributed by atoms with van der Waals surface area (Å²) in [5, 5.41) is 12.6. The first kappa shape index (κ1) is 16.5. The first-order valence-electron chi connectivity index (χ1n) is 6.54. The van der Waals surface area contributed by atoms with E-state index >= 15 is 0 Å². The second kappa shape index (κ2) is 6.46. The molecule has 0 aliphatic heterocycles. The Morgan fingerprint density at radius 3 is 2.68 bits per heavy atom. The third-order valence-corrected chi connectivity index (χ3v) is 4.44. The number of fused-ring (bicyclic) bond motifs is 1. The molecule has 2 unspecified atom stereocenters. The third-order valence-electron chi connectivity index (χ3n) is 3.35. The molecule has 0 saturated heterocycles. The molecule has 0 bridgehead atoms. The molecule has 2 aromatic rings. The molecule has 0 saturated carbocycles. The van der Waals surface area contributed by atoms with Crippen LogP contribution >= 0.6 is 7.60 Å². The second-order valence-electron chi connectivity index (χ2n) is 4.89. The van der Waals surface area contributed by atoms with Crippen molar-refractivity contribution in [2.45, 2.75) is 18.2 Å². The zero-order chi connectivity index (χ0) is 16.3. The van der Waals surface area contributed by atoms with Gasteiger partial charge >= 0.3 is 13.6 Å². The standard InChI is InChI=1S/C14H17N2O5P/c1-2-13(22(19,20)21)16-12(14(17)18)7-9-8-15-11-6-4-3-5-10(9)11/h2-6,8,12-13,15-16H,1,7H2,(H,17,18)(H2,19,20,21). The summed E-state index contributed by atoms with van der Waals surface area (Å²) in [6, 6.07) is 6.27. The Hall–Kier alpha value is -1.92. The maximum Gasteiger partial charge on any atom is 0.346 e. The molecule has 0 spiro atoms. The maximum atomic E-state index is 11.4. The van der Waals surface area contributed by atoms with Crippen LogP contribution in [-0.2, 0) is 15.8 Å². The Bertz CT molecular complexity index is 736. The Morgan fingerprint density at radius 1 is 1.41 bits per heavy atom. The summed E-state index contributed by atoms with van der Waals surface area (Å²) in [4.78, 5) is 32.8. The van der Waals surface area contributed by atoms with Crippen molar-refractivity contribution in [3.8, 4) is 0 Å². The van der Waals surface area contributed by atoms with Gasteiger partial charge in [0.1, 0.15) is 11.8 Å². The lowest BCUT2D eigenvalue weighted by Gasteiger charge is -2.21. The van der Waals surface area contributed by atoms with E-state index in [2.05, 4.69) is 16.9 Å². The average Bonchev–Trinajstić information content (AvgIpc) is 2.85. The van der Waals surface area contributed by atoms with Crippen molar-refractivity contribution >= 4 is 24.5 Å². The molecule has 22 heavy (non-hydrogen) atoms. The van der Waals surface area contributed by atoms with E-state index in [1.807, 2.05) is 24.3 Å². The molecular formula is C14H17N2O5P. The number of aromatic amines is 1. The Kier molecular flexibility index (Phi) is 4.83. The largest absolute Gasteiger partial charge is 0.480 e. The van der Waals surface area contributed by atoms with Gasteiger partial charge in [0, 0.05) is 23.5 Å². The highest BCUT2D eigenvalue weighted by Crippen LogP contribution is 2.40. The van der Waals surface area contributed by atoms with Crippen LogP contribution in [0, 0.1) is 0 Å². The van der Waals surface area contributed by atoms with Gasteiger partial charge in [0.15, 0.2) is 0 Å². The van der Waals surface area contributed by atoms with Crippen LogP contribution in [0.2, 0.25) is 0 Å². The third kappa shape index (κ3) is 3.64. The maximum absolute atomic E-state index is 11.4. The summed E-state index contributed by atoms with van der Waals surface area (Å²) in [6.45, 7) is 3.33. The molecule has 0 amide bonds. The van der Waals surface area contributed by atoms with E-state index in [0.717, 1.165) is 22.5 Å². The summed E-state index contributed by atoms with van der Waals surface area (Å²) < 4.78 is 11.3. The van der Waals surface area contributed by atoms with E-state index in [9.17, 15) is 24.3 Å². The molecule has 1 aromatic carbocycles. The fourth-order valence-corrected chi connectivity index (χ4v) is 2.90. The van der Waals surface area contributed by atoms with Gasteiger partial charge in [-0.15, -0.1) is 6.58 Å². The molecule has 5 N–H and O–H groups in total. The van der Waals surface area contributed by atoms with Crippen molar-refractivity contribution in [3.63, 3.8) is 0 Å². The highest BCUT2D eigenvalue weighted by molar-refractivity contribution is 7.52. The minimum absolute atomic E-state index is 0.0870. The molecule has 1 aromatic heterocycles. The predicted molar refractivity (Wildman–Crippen MR) is 82.6 cm³/mol. The van der Waals surface area contributed by atoms with E-state index in [-0.39, 0.29) is 6.42 Å². The fraction of sp³-hybridized carbons (Fsp3) is 0.214. The van der Waals surface area contributed by atoms with E-state index in [1.54, 1.807) is 6.20 Å².